The van der Waals surface area contributed by atoms with Crippen LogP contribution < -0.4 is 0 Å². The number of hydrogen-bond acceptors (Lipinski definition) is 2. The summed E-state index contributed by atoms with van der Waals surface area (Å²) in [5.74, 6) is 0.244. The Bertz CT molecular complexity index is 757. The number of aromatic nitrogens is 1. The molecule has 0 saturated heterocycles. The van der Waals surface area contributed by atoms with Crippen molar-refractivity contribution in [3.8, 4) is 5.75 Å². The largest absolute Gasteiger partial charge is 0.508 e. The van der Waals surface area contributed by atoms with Crippen LogP contribution >= 0.6 is 0 Å². The molecule has 3 rings (SSSR count). The minimum absolute atomic E-state index is 0.0124. The Morgan fingerprint density at radius 2 is 1.88 bits per heavy atom. The first-order chi connectivity index (χ1) is 12.0. The van der Waals surface area contributed by atoms with Crippen molar-refractivity contribution < 1.29 is 9.90 Å². The summed E-state index contributed by atoms with van der Waals surface area (Å²) in [5.41, 5.74) is 3.78. The van der Waals surface area contributed by atoms with Crippen LogP contribution in [0.2, 0.25) is 0 Å². The van der Waals surface area contributed by atoms with Crippen LogP contribution in [0.5, 0.6) is 5.75 Å². The van der Waals surface area contributed by atoms with Gasteiger partial charge in [-0.25, -0.2) is 0 Å². The second kappa shape index (κ2) is 7.34. The maximum atomic E-state index is 13.0. The van der Waals surface area contributed by atoms with E-state index in [9.17, 15) is 9.90 Å². The van der Waals surface area contributed by atoms with Gasteiger partial charge in [-0.05, 0) is 38.8 Å². The van der Waals surface area contributed by atoms with Crippen LogP contribution in [0.25, 0.3) is 0 Å². The van der Waals surface area contributed by atoms with Gasteiger partial charge < -0.3 is 14.6 Å². The van der Waals surface area contributed by atoms with Crippen LogP contribution in [0, 0.1) is 13.8 Å². The van der Waals surface area contributed by atoms with Crippen LogP contribution in [0.3, 0.4) is 0 Å². The molecule has 1 N–H and O–H groups in total. The topological polar surface area (TPSA) is 45.5 Å². The van der Waals surface area contributed by atoms with E-state index in [1.54, 1.807) is 24.1 Å². The molecular weight excluding hydrogens is 312 g/mol. The fourth-order valence-electron chi connectivity index (χ4n) is 4.07. The number of aromatic hydroxyl groups is 1. The maximum absolute atomic E-state index is 13.0. The molecule has 1 amide bonds. The zero-order chi connectivity index (χ0) is 18.0. The van der Waals surface area contributed by atoms with Gasteiger partial charge in [0.05, 0.1) is 5.56 Å². The lowest BCUT2D eigenvalue weighted by Gasteiger charge is -2.26. The molecule has 4 nitrogen and oxygen atoms in total. The number of nitrogens with zero attached hydrogens (tertiary/aromatic N) is 2. The molecule has 1 fully saturated rings. The molecule has 2 aromatic rings. The minimum atomic E-state index is 0.0124. The molecular formula is C21H28N2O2. The highest BCUT2D eigenvalue weighted by Gasteiger charge is 2.24. The van der Waals surface area contributed by atoms with E-state index in [0.29, 0.717) is 12.6 Å². The van der Waals surface area contributed by atoms with Crippen molar-refractivity contribution in [1.82, 2.24) is 9.47 Å². The lowest BCUT2D eigenvalue weighted by Crippen LogP contribution is -2.27. The second-order valence-corrected chi connectivity index (χ2v) is 7.24. The molecule has 4 heteroatoms. The third kappa shape index (κ3) is 3.58. The van der Waals surface area contributed by atoms with E-state index in [0.717, 1.165) is 16.8 Å². The van der Waals surface area contributed by atoms with Crippen molar-refractivity contribution in [3.05, 3.63) is 52.8 Å². The first kappa shape index (κ1) is 17.6. The average Bonchev–Trinajstić information content (AvgIpc) is 2.91. The van der Waals surface area contributed by atoms with Crippen molar-refractivity contribution in [2.45, 2.75) is 58.5 Å². The first-order valence-corrected chi connectivity index (χ1v) is 9.19. The lowest BCUT2D eigenvalue weighted by molar-refractivity contribution is 0.0783. The highest BCUT2D eigenvalue weighted by molar-refractivity contribution is 5.95. The summed E-state index contributed by atoms with van der Waals surface area (Å²) in [7, 11) is 1.79. The average molecular weight is 340 g/mol. The highest BCUT2D eigenvalue weighted by atomic mass is 16.3. The molecule has 1 aromatic carbocycles. The zero-order valence-electron chi connectivity index (χ0n) is 15.5. The lowest BCUT2D eigenvalue weighted by atomic mass is 9.95. The summed E-state index contributed by atoms with van der Waals surface area (Å²) in [6, 6.07) is 9.72. The number of amides is 1. The number of phenolic OH excluding ortho intramolecular Hbond substituents is 1. The molecule has 1 aromatic heterocycles. The fourth-order valence-corrected chi connectivity index (χ4v) is 4.07. The predicted octanol–water partition coefficient (Wildman–Crippen LogP) is 4.59. The third-order valence-corrected chi connectivity index (χ3v) is 5.40. The molecule has 0 aliphatic heterocycles. The van der Waals surface area contributed by atoms with Crippen molar-refractivity contribution in [1.29, 1.82) is 0 Å². The van der Waals surface area contributed by atoms with Gasteiger partial charge in [0.25, 0.3) is 5.91 Å². The molecule has 1 saturated carbocycles. The minimum Gasteiger partial charge on any atom is -0.508 e. The number of benzene rings is 1. The van der Waals surface area contributed by atoms with Crippen molar-refractivity contribution in [3.63, 3.8) is 0 Å². The fraction of sp³-hybridized carbons (Fsp3) is 0.476. The van der Waals surface area contributed by atoms with Gasteiger partial charge in [0.1, 0.15) is 5.75 Å². The maximum Gasteiger partial charge on any atom is 0.255 e. The van der Waals surface area contributed by atoms with E-state index in [1.165, 1.54) is 37.8 Å². The summed E-state index contributed by atoms with van der Waals surface area (Å²) in [4.78, 5) is 14.6. The number of para-hydroxylation sites is 1. The van der Waals surface area contributed by atoms with Gasteiger partial charge in [-0.15, -0.1) is 0 Å². The molecule has 134 valence electrons. The highest BCUT2D eigenvalue weighted by Crippen LogP contribution is 2.32. The summed E-state index contributed by atoms with van der Waals surface area (Å²) in [5, 5.41) is 9.94. The van der Waals surface area contributed by atoms with Gasteiger partial charge in [0.2, 0.25) is 0 Å². The Balaban J connectivity index is 1.81. The van der Waals surface area contributed by atoms with Crippen LogP contribution in [-0.4, -0.2) is 27.5 Å². The van der Waals surface area contributed by atoms with E-state index in [1.807, 2.05) is 18.2 Å². The quantitative estimate of drug-likeness (QED) is 0.885. The first-order valence-electron chi connectivity index (χ1n) is 9.19. The van der Waals surface area contributed by atoms with Gasteiger partial charge in [0, 0.05) is 36.6 Å². The SMILES string of the molecule is Cc1cc(C(=O)N(C)Cc2ccccc2O)c(C)n1C1CCCCC1. The predicted molar refractivity (Wildman–Crippen MR) is 99.9 cm³/mol. The Morgan fingerprint density at radius 1 is 1.20 bits per heavy atom. The Labute approximate surface area is 150 Å². The normalized spacial score (nSPS) is 15.3. The Morgan fingerprint density at radius 3 is 2.56 bits per heavy atom. The standard InChI is InChI=1S/C21H28N2O2/c1-15-13-19(16(2)23(15)18-10-5-4-6-11-18)21(25)22(3)14-17-9-7-8-12-20(17)24/h7-9,12-13,18,24H,4-6,10-11,14H2,1-3H3. The Hall–Kier alpha value is -2.23. The molecule has 1 aliphatic carbocycles. The second-order valence-electron chi connectivity index (χ2n) is 7.24. The molecule has 1 heterocycles. The Kier molecular flexibility index (Phi) is 5.16. The molecule has 1 aliphatic rings. The zero-order valence-corrected chi connectivity index (χ0v) is 15.5. The van der Waals surface area contributed by atoms with Crippen LogP contribution in [0.4, 0.5) is 0 Å². The summed E-state index contributed by atoms with van der Waals surface area (Å²) >= 11 is 0. The van der Waals surface area contributed by atoms with Crippen molar-refractivity contribution in [2.75, 3.05) is 7.05 Å². The number of aryl methyl sites for hydroxylation is 1. The van der Waals surface area contributed by atoms with Crippen LogP contribution in [0.1, 0.15) is 65.5 Å². The number of hydrogen-bond donors (Lipinski definition) is 1. The van der Waals surface area contributed by atoms with Crippen molar-refractivity contribution in [2.24, 2.45) is 0 Å². The molecule has 0 radical (unpaired) electrons. The number of phenols is 1. The van der Waals surface area contributed by atoms with E-state index >= 15 is 0 Å². The molecule has 0 spiro atoms. The summed E-state index contributed by atoms with van der Waals surface area (Å²) in [6.07, 6.45) is 6.29. The number of rotatable bonds is 4. The van der Waals surface area contributed by atoms with Gasteiger partial charge in [-0.3, -0.25) is 4.79 Å². The van der Waals surface area contributed by atoms with E-state index in [-0.39, 0.29) is 11.7 Å². The summed E-state index contributed by atoms with van der Waals surface area (Å²) in [6.45, 7) is 4.56. The third-order valence-electron chi connectivity index (χ3n) is 5.40. The van der Waals surface area contributed by atoms with E-state index in [2.05, 4.69) is 18.4 Å². The molecule has 0 bridgehead atoms. The summed E-state index contributed by atoms with van der Waals surface area (Å²) < 4.78 is 2.36. The number of carbonyl (C=O) groups excluding carboxylic acids is 1. The van der Waals surface area contributed by atoms with Gasteiger partial charge in [-0.1, -0.05) is 37.5 Å². The van der Waals surface area contributed by atoms with Crippen molar-refractivity contribution >= 4 is 5.91 Å². The van der Waals surface area contributed by atoms with Gasteiger partial charge in [0.15, 0.2) is 0 Å². The number of carbonyl (C=O) groups is 1. The molecule has 25 heavy (non-hydrogen) atoms. The van der Waals surface area contributed by atoms with Gasteiger partial charge >= 0.3 is 0 Å². The van der Waals surface area contributed by atoms with Gasteiger partial charge in [-0.2, -0.15) is 0 Å². The van der Waals surface area contributed by atoms with Crippen LogP contribution in [0.15, 0.2) is 30.3 Å². The molecule has 0 atom stereocenters. The van der Waals surface area contributed by atoms with Crippen LogP contribution in [-0.2, 0) is 6.54 Å². The smallest absolute Gasteiger partial charge is 0.255 e. The molecule has 0 unspecified atom stereocenters. The van der Waals surface area contributed by atoms with E-state index < -0.39 is 0 Å². The van der Waals surface area contributed by atoms with E-state index in [4.69, 9.17) is 0 Å². The monoisotopic (exact) mass is 340 g/mol.